The molecule has 0 saturated carbocycles. The Morgan fingerprint density at radius 2 is 2.16 bits per heavy atom. The summed E-state index contributed by atoms with van der Waals surface area (Å²) in [4.78, 5) is 24.6. The molecular weight excluding hydrogens is 246 g/mol. The van der Waals surface area contributed by atoms with Gasteiger partial charge >= 0.3 is 5.97 Å². The normalized spacial score (nSPS) is 20.0. The van der Waals surface area contributed by atoms with E-state index in [9.17, 15) is 9.59 Å². The first-order chi connectivity index (χ1) is 9.15. The maximum atomic E-state index is 12.1. The lowest BCUT2D eigenvalue weighted by atomic mass is 9.97. The first-order valence-corrected chi connectivity index (χ1v) is 6.62. The number of carboxylic acid groups (broad SMARTS) is 1. The molecule has 1 N–H and O–H groups in total. The fourth-order valence-electron chi connectivity index (χ4n) is 2.50. The number of aromatic nitrogens is 2. The van der Waals surface area contributed by atoms with E-state index in [4.69, 9.17) is 5.11 Å². The molecule has 0 bridgehead atoms. The molecule has 0 radical (unpaired) electrons. The zero-order valence-electron chi connectivity index (χ0n) is 10.9. The number of hydrogen-bond donors (Lipinski definition) is 1. The van der Waals surface area contributed by atoms with E-state index in [1.54, 1.807) is 23.1 Å². The molecule has 6 nitrogen and oxygen atoms in total. The molecule has 1 atom stereocenters. The zero-order chi connectivity index (χ0) is 13.7. The van der Waals surface area contributed by atoms with Gasteiger partial charge in [0.25, 0.3) is 0 Å². The minimum Gasteiger partial charge on any atom is -0.481 e. The van der Waals surface area contributed by atoms with Crippen molar-refractivity contribution in [3.63, 3.8) is 0 Å². The van der Waals surface area contributed by atoms with E-state index in [0.717, 1.165) is 25.8 Å². The van der Waals surface area contributed by atoms with Crippen molar-refractivity contribution in [2.45, 2.75) is 32.2 Å². The Labute approximate surface area is 112 Å². The molecule has 0 unspecified atom stereocenters. The molecule has 2 rings (SSSR count). The van der Waals surface area contributed by atoms with Gasteiger partial charge in [-0.3, -0.25) is 14.3 Å². The Morgan fingerprint density at radius 1 is 1.32 bits per heavy atom. The highest BCUT2D eigenvalue weighted by molar-refractivity contribution is 5.75. The Kier molecular flexibility index (Phi) is 4.54. The minimum atomic E-state index is -0.749. The van der Waals surface area contributed by atoms with Gasteiger partial charge in [0.05, 0.1) is 0 Å². The number of nitrogens with zero attached hydrogens (tertiary/aromatic N) is 3. The van der Waals surface area contributed by atoms with Crippen LogP contribution in [0, 0.1) is 5.92 Å². The monoisotopic (exact) mass is 265 g/mol. The predicted molar refractivity (Wildman–Crippen MR) is 68.4 cm³/mol. The Bertz CT molecular complexity index is 430. The maximum Gasteiger partial charge on any atom is 0.303 e. The summed E-state index contributed by atoms with van der Waals surface area (Å²) in [5, 5.41) is 12.8. The molecule has 1 aliphatic heterocycles. The van der Waals surface area contributed by atoms with E-state index in [1.807, 2.05) is 4.90 Å². The van der Waals surface area contributed by atoms with Crippen LogP contribution < -0.4 is 0 Å². The number of likely N-dealkylation sites (tertiary alicyclic amines) is 1. The van der Waals surface area contributed by atoms with E-state index in [1.165, 1.54) is 0 Å². The van der Waals surface area contributed by atoms with E-state index >= 15 is 0 Å². The molecule has 104 valence electrons. The number of rotatable bonds is 4. The standard InChI is InChI=1S/C13H19N3O3/c17-12(10-16-7-2-5-14-16)15-6-1-3-11(4-8-15)9-13(18)19/h2,5,7,11H,1,3-4,6,8-10H2,(H,18,19)/t11-/m1/s1. The number of carbonyl (C=O) groups is 2. The fourth-order valence-corrected chi connectivity index (χ4v) is 2.50. The summed E-state index contributed by atoms with van der Waals surface area (Å²) in [6, 6.07) is 1.79. The van der Waals surface area contributed by atoms with Gasteiger partial charge in [0, 0.05) is 31.9 Å². The third kappa shape index (κ3) is 4.08. The third-order valence-electron chi connectivity index (χ3n) is 3.52. The summed E-state index contributed by atoms with van der Waals surface area (Å²) in [6.07, 6.45) is 6.17. The van der Waals surface area contributed by atoms with Crippen LogP contribution in [0.3, 0.4) is 0 Å². The molecule has 1 amide bonds. The van der Waals surface area contributed by atoms with Crippen molar-refractivity contribution < 1.29 is 14.7 Å². The van der Waals surface area contributed by atoms with Crippen LogP contribution >= 0.6 is 0 Å². The zero-order valence-corrected chi connectivity index (χ0v) is 10.9. The summed E-state index contributed by atoms with van der Waals surface area (Å²) < 4.78 is 1.61. The first-order valence-electron chi connectivity index (χ1n) is 6.62. The van der Waals surface area contributed by atoms with Crippen molar-refractivity contribution in [3.05, 3.63) is 18.5 Å². The first kappa shape index (κ1) is 13.6. The van der Waals surface area contributed by atoms with Crippen LogP contribution in [0.15, 0.2) is 18.5 Å². The summed E-state index contributed by atoms with van der Waals surface area (Å²) in [5.74, 6) is -0.499. The van der Waals surface area contributed by atoms with Crippen molar-refractivity contribution in [1.29, 1.82) is 0 Å². The Morgan fingerprint density at radius 3 is 2.84 bits per heavy atom. The highest BCUT2D eigenvalue weighted by Crippen LogP contribution is 2.20. The highest BCUT2D eigenvalue weighted by atomic mass is 16.4. The molecule has 1 fully saturated rings. The largest absolute Gasteiger partial charge is 0.481 e. The number of amides is 1. The SMILES string of the molecule is O=C(O)C[C@@H]1CCCN(C(=O)Cn2cccn2)CC1. The lowest BCUT2D eigenvalue weighted by Crippen LogP contribution is -2.34. The van der Waals surface area contributed by atoms with Crippen LogP contribution in [-0.2, 0) is 16.1 Å². The van der Waals surface area contributed by atoms with Gasteiger partial charge in [0.15, 0.2) is 0 Å². The van der Waals surface area contributed by atoms with Crippen molar-refractivity contribution in [2.24, 2.45) is 5.92 Å². The molecule has 6 heteroatoms. The fraction of sp³-hybridized carbons (Fsp3) is 0.615. The molecule has 1 aromatic heterocycles. The predicted octanol–water partition coefficient (Wildman–Crippen LogP) is 0.986. The van der Waals surface area contributed by atoms with Gasteiger partial charge in [-0.05, 0) is 31.2 Å². The van der Waals surface area contributed by atoms with Crippen LogP contribution in [-0.4, -0.2) is 44.8 Å². The summed E-state index contributed by atoms with van der Waals surface area (Å²) in [7, 11) is 0. The quantitative estimate of drug-likeness (QED) is 0.880. The van der Waals surface area contributed by atoms with Gasteiger partial charge in [-0.2, -0.15) is 5.10 Å². The smallest absolute Gasteiger partial charge is 0.303 e. The molecule has 0 aromatic carbocycles. The molecule has 0 aliphatic carbocycles. The molecule has 1 aliphatic rings. The lowest BCUT2D eigenvalue weighted by molar-refractivity contribution is -0.138. The van der Waals surface area contributed by atoms with Crippen molar-refractivity contribution in [3.8, 4) is 0 Å². The van der Waals surface area contributed by atoms with E-state index in [0.29, 0.717) is 6.54 Å². The van der Waals surface area contributed by atoms with E-state index in [-0.39, 0.29) is 24.8 Å². The summed E-state index contributed by atoms with van der Waals surface area (Å²) in [5.41, 5.74) is 0. The number of carbonyl (C=O) groups excluding carboxylic acids is 1. The summed E-state index contributed by atoms with van der Waals surface area (Å²) >= 11 is 0. The number of carboxylic acids is 1. The van der Waals surface area contributed by atoms with Gasteiger partial charge in [0.2, 0.25) is 5.91 Å². The van der Waals surface area contributed by atoms with Crippen molar-refractivity contribution >= 4 is 11.9 Å². The molecular formula is C13H19N3O3. The molecule has 19 heavy (non-hydrogen) atoms. The van der Waals surface area contributed by atoms with E-state index in [2.05, 4.69) is 5.10 Å². The molecule has 0 spiro atoms. The average molecular weight is 265 g/mol. The van der Waals surface area contributed by atoms with Crippen LogP contribution in [0.4, 0.5) is 0 Å². The van der Waals surface area contributed by atoms with Gasteiger partial charge in [-0.25, -0.2) is 0 Å². The van der Waals surface area contributed by atoms with Crippen LogP contribution in [0.25, 0.3) is 0 Å². The number of aliphatic carboxylic acids is 1. The van der Waals surface area contributed by atoms with Crippen molar-refractivity contribution in [2.75, 3.05) is 13.1 Å². The topological polar surface area (TPSA) is 75.4 Å². The van der Waals surface area contributed by atoms with Crippen molar-refractivity contribution in [1.82, 2.24) is 14.7 Å². The summed E-state index contributed by atoms with van der Waals surface area (Å²) in [6.45, 7) is 1.63. The Balaban J connectivity index is 1.84. The minimum absolute atomic E-state index is 0.0553. The number of hydrogen-bond acceptors (Lipinski definition) is 3. The van der Waals surface area contributed by atoms with Crippen LogP contribution in [0.2, 0.25) is 0 Å². The second-order valence-electron chi connectivity index (χ2n) is 4.98. The molecule has 1 aromatic rings. The highest BCUT2D eigenvalue weighted by Gasteiger charge is 2.22. The molecule has 2 heterocycles. The van der Waals surface area contributed by atoms with Gasteiger partial charge < -0.3 is 10.0 Å². The Hall–Kier alpha value is -1.85. The average Bonchev–Trinajstić information content (AvgIpc) is 2.74. The second kappa shape index (κ2) is 6.36. The van der Waals surface area contributed by atoms with Crippen LogP contribution in [0.1, 0.15) is 25.7 Å². The van der Waals surface area contributed by atoms with Gasteiger partial charge in [-0.15, -0.1) is 0 Å². The van der Waals surface area contributed by atoms with Crippen LogP contribution in [0.5, 0.6) is 0 Å². The third-order valence-corrected chi connectivity index (χ3v) is 3.52. The second-order valence-corrected chi connectivity index (χ2v) is 4.98. The lowest BCUT2D eigenvalue weighted by Gasteiger charge is -2.20. The van der Waals surface area contributed by atoms with Gasteiger partial charge in [-0.1, -0.05) is 0 Å². The maximum absolute atomic E-state index is 12.1. The van der Waals surface area contributed by atoms with Gasteiger partial charge in [0.1, 0.15) is 6.54 Å². The molecule has 1 saturated heterocycles. The van der Waals surface area contributed by atoms with E-state index < -0.39 is 5.97 Å².